The van der Waals surface area contributed by atoms with Gasteiger partial charge in [0, 0.05) is 16.5 Å². The molecule has 2 nitrogen and oxygen atoms in total. The summed E-state index contributed by atoms with van der Waals surface area (Å²) in [6, 6.07) is 65.5. The lowest BCUT2D eigenvalue weighted by atomic mass is 9.67. The van der Waals surface area contributed by atoms with Crippen molar-refractivity contribution in [2.75, 3.05) is 0 Å². The maximum Gasteiger partial charge on any atom is 0.161 e. The second-order valence-corrected chi connectivity index (χ2v) is 12.9. The van der Waals surface area contributed by atoms with E-state index in [2.05, 4.69) is 182 Å². The van der Waals surface area contributed by atoms with Crippen molar-refractivity contribution < 1.29 is 0 Å². The molecule has 0 N–H and O–H groups in total. The summed E-state index contributed by atoms with van der Waals surface area (Å²) in [5.74, 6) is 0.732. The molecular weight excluding hydrogens is 593 g/mol. The van der Waals surface area contributed by atoms with Crippen molar-refractivity contribution >= 4 is 32.4 Å². The van der Waals surface area contributed by atoms with Crippen LogP contribution >= 0.6 is 0 Å². The van der Waals surface area contributed by atoms with Gasteiger partial charge in [0.25, 0.3) is 0 Å². The predicted molar refractivity (Wildman–Crippen MR) is 203 cm³/mol. The first kappa shape index (κ1) is 27.7. The highest BCUT2D eigenvalue weighted by molar-refractivity contribution is 6.13. The molecule has 2 heteroatoms. The summed E-state index contributed by atoms with van der Waals surface area (Å²) < 4.78 is 0. The largest absolute Gasteiger partial charge is 0.228 e. The van der Waals surface area contributed by atoms with E-state index >= 15 is 0 Å². The molecule has 0 saturated heterocycles. The minimum absolute atomic E-state index is 0.445. The third kappa shape index (κ3) is 4.01. The van der Waals surface area contributed by atoms with E-state index in [0.717, 1.165) is 44.3 Å². The number of aromatic nitrogens is 2. The summed E-state index contributed by atoms with van der Waals surface area (Å²) in [4.78, 5) is 10.7. The summed E-state index contributed by atoms with van der Waals surface area (Å²) in [6.45, 7) is 0. The fourth-order valence-electron chi connectivity index (χ4n) is 8.32. The van der Waals surface area contributed by atoms with Crippen LogP contribution in [0.15, 0.2) is 182 Å². The van der Waals surface area contributed by atoms with Gasteiger partial charge in [-0.05, 0) is 61.0 Å². The molecule has 1 aliphatic carbocycles. The molecule has 8 aromatic carbocycles. The van der Waals surface area contributed by atoms with Crippen molar-refractivity contribution in [3.63, 3.8) is 0 Å². The van der Waals surface area contributed by atoms with Crippen LogP contribution in [-0.2, 0) is 5.41 Å². The van der Waals surface area contributed by atoms with Crippen molar-refractivity contribution in [1.82, 2.24) is 9.97 Å². The highest BCUT2D eigenvalue weighted by atomic mass is 14.9. The minimum atomic E-state index is -0.445. The van der Waals surface area contributed by atoms with Crippen molar-refractivity contribution in [2.45, 2.75) is 5.41 Å². The Bertz CT molecular complexity index is 2660. The van der Waals surface area contributed by atoms with Crippen LogP contribution in [0.5, 0.6) is 0 Å². The van der Waals surface area contributed by atoms with E-state index in [1.807, 2.05) is 0 Å². The Balaban J connectivity index is 1.28. The average molecular weight is 623 g/mol. The Morgan fingerprint density at radius 1 is 0.388 bits per heavy atom. The average Bonchev–Trinajstić information content (AvgIpc) is 3.49. The molecule has 0 bridgehead atoms. The normalized spacial score (nSPS) is 13.1. The van der Waals surface area contributed by atoms with Gasteiger partial charge in [-0.2, -0.15) is 0 Å². The van der Waals surface area contributed by atoms with E-state index in [0.29, 0.717) is 0 Å². The number of benzene rings is 8. The molecule has 0 saturated carbocycles. The monoisotopic (exact) mass is 622 g/mol. The van der Waals surface area contributed by atoms with E-state index in [-0.39, 0.29) is 0 Å². The van der Waals surface area contributed by atoms with Crippen molar-refractivity contribution in [3.05, 3.63) is 204 Å². The van der Waals surface area contributed by atoms with Gasteiger partial charge in [0.05, 0.1) is 16.6 Å². The highest BCUT2D eigenvalue weighted by Gasteiger charge is 2.46. The van der Waals surface area contributed by atoms with Gasteiger partial charge in [0.1, 0.15) is 0 Å². The molecule has 9 aromatic rings. The van der Waals surface area contributed by atoms with Gasteiger partial charge in [-0.3, -0.25) is 0 Å². The van der Waals surface area contributed by atoms with E-state index in [1.165, 1.54) is 44.2 Å². The summed E-state index contributed by atoms with van der Waals surface area (Å²) in [7, 11) is 0. The number of nitrogens with zero attached hydrogens (tertiary/aromatic N) is 2. The summed E-state index contributed by atoms with van der Waals surface area (Å²) >= 11 is 0. The molecule has 1 heterocycles. The Morgan fingerprint density at radius 3 is 1.80 bits per heavy atom. The molecule has 1 aliphatic rings. The highest BCUT2D eigenvalue weighted by Crippen LogP contribution is 2.58. The second kappa shape index (κ2) is 10.8. The lowest BCUT2D eigenvalue weighted by Gasteiger charge is -2.34. The van der Waals surface area contributed by atoms with E-state index in [4.69, 9.17) is 9.97 Å². The molecule has 0 amide bonds. The smallest absolute Gasteiger partial charge is 0.161 e. The Hall–Kier alpha value is -6.38. The van der Waals surface area contributed by atoms with Gasteiger partial charge in [-0.25, -0.2) is 9.97 Å². The van der Waals surface area contributed by atoms with E-state index in [9.17, 15) is 0 Å². The molecule has 10 rings (SSSR count). The van der Waals surface area contributed by atoms with Crippen LogP contribution in [0.25, 0.3) is 66.2 Å². The molecule has 1 aromatic heterocycles. The maximum absolute atomic E-state index is 5.39. The van der Waals surface area contributed by atoms with Crippen LogP contribution in [0, 0.1) is 0 Å². The molecular formula is C47H30N2. The summed E-state index contributed by atoms with van der Waals surface area (Å²) in [5.41, 5.74) is 11.2. The number of hydrogen-bond donors (Lipinski definition) is 0. The zero-order valence-corrected chi connectivity index (χ0v) is 26.7. The standard InChI is InChI=1S/C47H30N2/c1-4-16-32(17-5-1)45-44-35-22-11-10-15-31(35)27-30-42(44)48-46(49-45)38-25-14-24-37-36(38)28-29-41-43(37)39-23-12-13-26-40(39)47(41,33-18-6-2-7-19-33)34-20-8-3-9-21-34/h1-30H. The zero-order chi connectivity index (χ0) is 32.4. The first-order valence-corrected chi connectivity index (χ1v) is 16.8. The van der Waals surface area contributed by atoms with E-state index < -0.39 is 5.41 Å². The van der Waals surface area contributed by atoms with E-state index in [1.54, 1.807) is 0 Å². The molecule has 0 radical (unpaired) electrons. The van der Waals surface area contributed by atoms with Gasteiger partial charge in [0.15, 0.2) is 5.82 Å². The van der Waals surface area contributed by atoms with Crippen molar-refractivity contribution in [3.8, 4) is 33.8 Å². The predicted octanol–water partition coefficient (Wildman–Crippen LogP) is 11.6. The van der Waals surface area contributed by atoms with Crippen molar-refractivity contribution in [1.29, 1.82) is 0 Å². The van der Waals surface area contributed by atoms with Gasteiger partial charge in [-0.1, -0.05) is 176 Å². The van der Waals surface area contributed by atoms with Crippen LogP contribution < -0.4 is 0 Å². The molecule has 228 valence electrons. The second-order valence-electron chi connectivity index (χ2n) is 12.9. The molecule has 0 unspecified atom stereocenters. The molecule has 0 spiro atoms. The summed E-state index contributed by atoms with van der Waals surface area (Å²) in [5, 5.41) is 5.78. The first-order valence-electron chi connectivity index (χ1n) is 16.8. The lowest BCUT2D eigenvalue weighted by Crippen LogP contribution is -2.28. The van der Waals surface area contributed by atoms with Crippen molar-refractivity contribution in [2.24, 2.45) is 0 Å². The Labute approximate surface area is 285 Å². The lowest BCUT2D eigenvalue weighted by molar-refractivity contribution is 0.769. The van der Waals surface area contributed by atoms with Gasteiger partial charge in [-0.15, -0.1) is 0 Å². The molecule has 0 atom stereocenters. The quantitative estimate of drug-likeness (QED) is 0.183. The van der Waals surface area contributed by atoms with Crippen LogP contribution in [0.1, 0.15) is 22.3 Å². The Morgan fingerprint density at radius 2 is 1.02 bits per heavy atom. The molecule has 0 fully saturated rings. The Kier molecular flexibility index (Phi) is 6.13. The third-order valence-electron chi connectivity index (χ3n) is 10.4. The topological polar surface area (TPSA) is 25.8 Å². The van der Waals surface area contributed by atoms with Crippen LogP contribution in [0.2, 0.25) is 0 Å². The number of rotatable bonds is 4. The van der Waals surface area contributed by atoms with Gasteiger partial charge < -0.3 is 0 Å². The van der Waals surface area contributed by atoms with Crippen LogP contribution in [0.3, 0.4) is 0 Å². The molecule has 0 aliphatic heterocycles. The minimum Gasteiger partial charge on any atom is -0.228 e. The zero-order valence-electron chi connectivity index (χ0n) is 26.7. The van der Waals surface area contributed by atoms with Crippen LogP contribution in [-0.4, -0.2) is 9.97 Å². The first-order chi connectivity index (χ1) is 24.3. The SMILES string of the molecule is c1ccc(-c2nc(-c3cccc4c5c(ccc34)C(c3ccccc3)(c3ccccc3)c3ccccc3-5)nc3ccc4ccccc4c23)cc1. The van der Waals surface area contributed by atoms with Crippen LogP contribution in [0.4, 0.5) is 0 Å². The van der Waals surface area contributed by atoms with Gasteiger partial charge in [0.2, 0.25) is 0 Å². The fraction of sp³-hybridized carbons (Fsp3) is 0.0213. The number of fused-ring (bicyclic) bond motifs is 8. The van der Waals surface area contributed by atoms with Gasteiger partial charge >= 0.3 is 0 Å². The third-order valence-corrected chi connectivity index (χ3v) is 10.4. The number of hydrogen-bond acceptors (Lipinski definition) is 2. The molecule has 49 heavy (non-hydrogen) atoms. The maximum atomic E-state index is 5.39. The summed E-state index contributed by atoms with van der Waals surface area (Å²) in [6.07, 6.45) is 0. The fourth-order valence-corrected chi connectivity index (χ4v) is 8.32.